The van der Waals surface area contributed by atoms with Crippen LogP contribution in [0.2, 0.25) is 0 Å². The molecule has 2 amide bonds. The number of imide groups is 1. The van der Waals surface area contributed by atoms with Crippen molar-refractivity contribution in [2.75, 3.05) is 5.32 Å². The van der Waals surface area contributed by atoms with Gasteiger partial charge < -0.3 is 10.1 Å². The highest BCUT2D eigenvalue weighted by Gasteiger charge is 2.37. The minimum absolute atomic E-state index is 0.00365. The van der Waals surface area contributed by atoms with Crippen molar-refractivity contribution in [1.29, 1.82) is 0 Å². The minimum atomic E-state index is -0.553. The van der Waals surface area contributed by atoms with E-state index in [-0.39, 0.29) is 17.3 Å². The molecule has 0 atom stereocenters. The molecule has 1 aliphatic rings. The number of halogens is 1. The molecule has 7 heteroatoms. The van der Waals surface area contributed by atoms with Gasteiger partial charge in [-0.15, -0.1) is 0 Å². The normalized spacial score (nSPS) is 13.5. The zero-order chi connectivity index (χ0) is 23.4. The fraction of sp³-hybridized carbons (Fsp3) is 0.115. The molecule has 0 aromatic heterocycles. The van der Waals surface area contributed by atoms with E-state index >= 15 is 0 Å². The number of carbonyl (C=O) groups excluding carboxylic acids is 3. The predicted octanol–water partition coefficient (Wildman–Crippen LogP) is 4.90. The molecular formula is C26H21ClN2O4. The second kappa shape index (κ2) is 9.71. The molecule has 0 bridgehead atoms. The van der Waals surface area contributed by atoms with Crippen molar-refractivity contribution >= 4 is 35.1 Å². The van der Waals surface area contributed by atoms with Crippen LogP contribution in [-0.2, 0) is 22.6 Å². The molecule has 0 unspecified atom stereocenters. The van der Waals surface area contributed by atoms with E-state index in [0.29, 0.717) is 17.0 Å². The molecule has 0 saturated heterocycles. The second-order valence-electron chi connectivity index (χ2n) is 7.46. The van der Waals surface area contributed by atoms with Gasteiger partial charge in [-0.1, -0.05) is 61.0 Å². The molecule has 166 valence electrons. The Balaban J connectivity index is 1.42. The summed E-state index contributed by atoms with van der Waals surface area (Å²) in [7, 11) is 0. The van der Waals surface area contributed by atoms with E-state index in [9.17, 15) is 14.4 Å². The first-order valence-electron chi connectivity index (χ1n) is 10.4. The largest absolute Gasteiger partial charge is 0.423 e. The molecular weight excluding hydrogens is 440 g/mol. The highest BCUT2D eigenvalue weighted by Crippen LogP contribution is 2.27. The van der Waals surface area contributed by atoms with Crippen molar-refractivity contribution < 1.29 is 19.1 Å². The van der Waals surface area contributed by atoms with Crippen LogP contribution in [0.15, 0.2) is 89.6 Å². The van der Waals surface area contributed by atoms with Gasteiger partial charge in [-0.05, 0) is 53.9 Å². The number of ether oxygens (including phenoxy) is 1. The third-order valence-corrected chi connectivity index (χ3v) is 5.58. The number of benzene rings is 3. The van der Waals surface area contributed by atoms with Crippen LogP contribution in [0, 0.1) is 0 Å². The van der Waals surface area contributed by atoms with Crippen molar-refractivity contribution in [3.8, 4) is 5.75 Å². The Kier molecular flexibility index (Phi) is 6.56. The van der Waals surface area contributed by atoms with Gasteiger partial charge >= 0.3 is 5.97 Å². The summed E-state index contributed by atoms with van der Waals surface area (Å²) in [6.07, 6.45) is 0.904. The SMILES string of the molecule is CCc1ccc(OC(=O)c2ccc(NC3=C(Cl)C(=O)N(Cc4ccccc4)C3=O)cc2)cc1. The molecule has 0 saturated carbocycles. The van der Waals surface area contributed by atoms with Crippen molar-refractivity contribution in [3.63, 3.8) is 0 Å². The van der Waals surface area contributed by atoms with Gasteiger partial charge in [-0.2, -0.15) is 0 Å². The lowest BCUT2D eigenvalue weighted by Crippen LogP contribution is -2.31. The Labute approximate surface area is 196 Å². The van der Waals surface area contributed by atoms with Gasteiger partial charge in [0.05, 0.1) is 12.1 Å². The molecule has 1 N–H and O–H groups in total. The van der Waals surface area contributed by atoms with Crippen molar-refractivity contribution in [2.24, 2.45) is 0 Å². The summed E-state index contributed by atoms with van der Waals surface area (Å²) in [5.41, 5.74) is 2.83. The van der Waals surface area contributed by atoms with Crippen LogP contribution < -0.4 is 10.1 Å². The number of hydrogen-bond acceptors (Lipinski definition) is 5. The fourth-order valence-corrected chi connectivity index (χ4v) is 3.59. The van der Waals surface area contributed by atoms with Gasteiger partial charge in [0.1, 0.15) is 16.5 Å². The van der Waals surface area contributed by atoms with Gasteiger partial charge in [0.25, 0.3) is 11.8 Å². The quantitative estimate of drug-likeness (QED) is 0.308. The number of esters is 1. The summed E-state index contributed by atoms with van der Waals surface area (Å²) in [4.78, 5) is 38.8. The molecule has 0 radical (unpaired) electrons. The van der Waals surface area contributed by atoms with Crippen LogP contribution in [0.4, 0.5) is 5.69 Å². The molecule has 0 spiro atoms. The summed E-state index contributed by atoms with van der Waals surface area (Å²) in [6.45, 7) is 2.18. The molecule has 0 fully saturated rings. The lowest BCUT2D eigenvalue weighted by atomic mass is 10.1. The average molecular weight is 461 g/mol. The Hall–Kier alpha value is -3.90. The molecule has 1 heterocycles. The molecule has 6 nitrogen and oxygen atoms in total. The van der Waals surface area contributed by atoms with E-state index in [2.05, 4.69) is 12.2 Å². The van der Waals surface area contributed by atoms with Gasteiger partial charge in [0, 0.05) is 5.69 Å². The minimum Gasteiger partial charge on any atom is -0.423 e. The molecule has 3 aromatic carbocycles. The molecule has 4 rings (SSSR count). The van der Waals surface area contributed by atoms with Crippen LogP contribution in [0.5, 0.6) is 5.75 Å². The number of amides is 2. The summed E-state index contributed by atoms with van der Waals surface area (Å²) in [5.74, 6) is -1.09. The summed E-state index contributed by atoms with van der Waals surface area (Å²) >= 11 is 6.16. The fourth-order valence-electron chi connectivity index (χ4n) is 3.36. The maximum atomic E-state index is 12.8. The smallest absolute Gasteiger partial charge is 0.343 e. The number of nitrogens with zero attached hydrogens (tertiary/aromatic N) is 1. The van der Waals surface area contributed by atoms with E-state index in [1.54, 1.807) is 36.4 Å². The number of anilines is 1. The number of carbonyl (C=O) groups is 3. The van der Waals surface area contributed by atoms with E-state index in [1.165, 1.54) is 0 Å². The van der Waals surface area contributed by atoms with Crippen molar-refractivity contribution in [2.45, 2.75) is 19.9 Å². The third kappa shape index (κ3) is 4.96. The van der Waals surface area contributed by atoms with Gasteiger partial charge in [0.15, 0.2) is 0 Å². The van der Waals surface area contributed by atoms with Crippen LogP contribution in [0.1, 0.15) is 28.4 Å². The first-order chi connectivity index (χ1) is 16.0. The van der Waals surface area contributed by atoms with Crippen LogP contribution in [0.25, 0.3) is 0 Å². The molecule has 1 aliphatic heterocycles. The van der Waals surface area contributed by atoms with Gasteiger partial charge in [0.2, 0.25) is 0 Å². The van der Waals surface area contributed by atoms with Crippen LogP contribution >= 0.6 is 11.6 Å². The summed E-state index contributed by atoms with van der Waals surface area (Å²) in [5, 5.41) is 2.73. The first kappa shape index (κ1) is 22.3. The van der Waals surface area contributed by atoms with Crippen LogP contribution in [-0.4, -0.2) is 22.7 Å². The lowest BCUT2D eigenvalue weighted by Gasteiger charge is -2.15. The highest BCUT2D eigenvalue weighted by atomic mass is 35.5. The van der Waals surface area contributed by atoms with Gasteiger partial charge in [-0.3, -0.25) is 14.5 Å². The lowest BCUT2D eigenvalue weighted by molar-refractivity contribution is -0.138. The van der Waals surface area contributed by atoms with Crippen molar-refractivity contribution in [1.82, 2.24) is 4.90 Å². The predicted molar refractivity (Wildman–Crippen MR) is 126 cm³/mol. The Morgan fingerprint density at radius 3 is 2.18 bits per heavy atom. The van der Waals surface area contributed by atoms with E-state index in [4.69, 9.17) is 16.3 Å². The number of hydrogen-bond donors (Lipinski definition) is 1. The zero-order valence-corrected chi connectivity index (χ0v) is 18.6. The average Bonchev–Trinajstić information content (AvgIpc) is 3.04. The Morgan fingerprint density at radius 1 is 0.879 bits per heavy atom. The Bertz CT molecular complexity index is 1220. The standard InChI is InChI=1S/C26H21ClN2O4/c1-2-17-8-14-21(15-9-17)33-26(32)19-10-12-20(13-11-19)28-23-22(27)24(30)29(25(23)31)16-18-6-4-3-5-7-18/h3-15,28H,2,16H2,1H3. The van der Waals surface area contributed by atoms with E-state index in [1.807, 2.05) is 42.5 Å². The molecule has 0 aliphatic carbocycles. The third-order valence-electron chi connectivity index (χ3n) is 5.23. The zero-order valence-electron chi connectivity index (χ0n) is 17.9. The summed E-state index contributed by atoms with van der Waals surface area (Å²) < 4.78 is 5.40. The first-order valence-corrected chi connectivity index (χ1v) is 10.8. The van der Waals surface area contributed by atoms with Crippen molar-refractivity contribution in [3.05, 3.63) is 106 Å². The van der Waals surface area contributed by atoms with E-state index < -0.39 is 17.8 Å². The molecule has 3 aromatic rings. The van der Waals surface area contributed by atoms with Gasteiger partial charge in [-0.25, -0.2) is 4.79 Å². The number of nitrogens with one attached hydrogen (secondary N) is 1. The number of aryl methyl sites for hydroxylation is 1. The highest BCUT2D eigenvalue weighted by molar-refractivity contribution is 6.48. The number of rotatable bonds is 7. The monoisotopic (exact) mass is 460 g/mol. The maximum Gasteiger partial charge on any atom is 0.343 e. The van der Waals surface area contributed by atoms with E-state index in [0.717, 1.165) is 22.4 Å². The topological polar surface area (TPSA) is 75.7 Å². The molecule has 33 heavy (non-hydrogen) atoms. The second-order valence-corrected chi connectivity index (χ2v) is 7.84. The Morgan fingerprint density at radius 2 is 1.55 bits per heavy atom. The maximum absolute atomic E-state index is 12.8. The summed E-state index contributed by atoms with van der Waals surface area (Å²) in [6, 6.07) is 22.9. The van der Waals surface area contributed by atoms with Crippen LogP contribution in [0.3, 0.4) is 0 Å².